The van der Waals surface area contributed by atoms with Crippen LogP contribution in [-0.4, -0.2) is 37.6 Å². The van der Waals surface area contributed by atoms with Crippen LogP contribution in [0.3, 0.4) is 0 Å². The van der Waals surface area contributed by atoms with Crippen LogP contribution in [0.2, 0.25) is 0 Å². The van der Waals surface area contributed by atoms with Crippen LogP contribution in [0.4, 0.5) is 0 Å². The van der Waals surface area contributed by atoms with Crippen molar-refractivity contribution in [3.05, 3.63) is 0 Å². The van der Waals surface area contributed by atoms with Gasteiger partial charge in [-0.25, -0.2) is 0 Å². The molecular weight excluding hydrogens is 136 g/mol. The van der Waals surface area contributed by atoms with Gasteiger partial charge in [-0.1, -0.05) is 20.8 Å². The predicted octanol–water partition coefficient (Wildman–Crippen LogP) is 0.936. The molecular formula is C9H20N2. The van der Waals surface area contributed by atoms with Crippen molar-refractivity contribution < 1.29 is 0 Å². The third-order valence-electron chi connectivity index (χ3n) is 3.09. The molecule has 1 aliphatic rings. The zero-order valence-corrected chi connectivity index (χ0v) is 8.36. The first kappa shape index (κ1) is 9.01. The molecule has 1 heterocycles. The van der Waals surface area contributed by atoms with Crippen molar-refractivity contribution in [2.24, 2.45) is 5.41 Å². The molecule has 2 heteroatoms. The van der Waals surface area contributed by atoms with Gasteiger partial charge in [-0.2, -0.15) is 0 Å². The summed E-state index contributed by atoms with van der Waals surface area (Å²) in [5, 5.41) is 3.35. The molecule has 0 atom stereocenters. The fourth-order valence-corrected chi connectivity index (χ4v) is 1.88. The molecule has 1 fully saturated rings. The summed E-state index contributed by atoms with van der Waals surface area (Å²) >= 11 is 0. The quantitative estimate of drug-likeness (QED) is 0.608. The molecule has 0 amide bonds. The monoisotopic (exact) mass is 156 g/mol. The van der Waals surface area contributed by atoms with Crippen LogP contribution in [0, 0.1) is 5.41 Å². The summed E-state index contributed by atoms with van der Waals surface area (Å²) in [6.07, 6.45) is 0. The van der Waals surface area contributed by atoms with Gasteiger partial charge in [0.25, 0.3) is 0 Å². The first-order valence-electron chi connectivity index (χ1n) is 4.28. The highest BCUT2D eigenvalue weighted by Crippen LogP contribution is 2.37. The van der Waals surface area contributed by atoms with E-state index in [0.29, 0.717) is 11.0 Å². The van der Waals surface area contributed by atoms with Gasteiger partial charge in [0.2, 0.25) is 0 Å². The van der Waals surface area contributed by atoms with Gasteiger partial charge in [0, 0.05) is 13.1 Å². The molecule has 0 aromatic carbocycles. The average Bonchev–Trinajstić information content (AvgIpc) is 1.52. The Balaban J connectivity index is 2.76. The molecule has 0 saturated carbocycles. The van der Waals surface area contributed by atoms with Crippen LogP contribution >= 0.6 is 0 Å². The minimum absolute atomic E-state index is 0.377. The maximum Gasteiger partial charge on any atom is 0.0501 e. The van der Waals surface area contributed by atoms with Gasteiger partial charge in [0.15, 0.2) is 0 Å². The van der Waals surface area contributed by atoms with Crippen molar-refractivity contribution in [1.29, 1.82) is 0 Å². The molecule has 66 valence electrons. The van der Waals surface area contributed by atoms with Gasteiger partial charge in [-0.3, -0.25) is 0 Å². The normalized spacial score (nSPS) is 23.5. The Labute approximate surface area is 70.0 Å². The van der Waals surface area contributed by atoms with E-state index in [4.69, 9.17) is 0 Å². The zero-order valence-electron chi connectivity index (χ0n) is 8.36. The molecule has 1 aliphatic heterocycles. The number of hydrogen-bond donors (Lipinski definition) is 1. The predicted molar refractivity (Wildman–Crippen MR) is 48.7 cm³/mol. The Morgan fingerprint density at radius 2 is 1.64 bits per heavy atom. The average molecular weight is 156 g/mol. The first-order chi connectivity index (χ1) is 4.90. The van der Waals surface area contributed by atoms with Gasteiger partial charge in [-0.15, -0.1) is 0 Å². The first-order valence-corrected chi connectivity index (χ1v) is 4.28. The van der Waals surface area contributed by atoms with E-state index >= 15 is 0 Å². The van der Waals surface area contributed by atoms with Crippen LogP contribution in [0.5, 0.6) is 0 Å². The summed E-state index contributed by atoms with van der Waals surface area (Å²) in [6, 6.07) is 0. The molecule has 1 N–H and O–H groups in total. The molecule has 0 spiro atoms. The maximum atomic E-state index is 3.35. The lowest BCUT2D eigenvalue weighted by atomic mass is 9.69. The van der Waals surface area contributed by atoms with Gasteiger partial charge in [0.1, 0.15) is 0 Å². The SMILES string of the molecule is CN(C)C1(C(C)(C)C)CNC1. The molecule has 0 aromatic rings. The Morgan fingerprint density at radius 3 is 1.64 bits per heavy atom. The summed E-state index contributed by atoms with van der Waals surface area (Å²) in [7, 11) is 4.35. The Bertz CT molecular complexity index is 140. The fourth-order valence-electron chi connectivity index (χ4n) is 1.88. The van der Waals surface area contributed by atoms with E-state index in [0.717, 1.165) is 13.1 Å². The molecule has 0 radical (unpaired) electrons. The Kier molecular flexibility index (Phi) is 2.01. The molecule has 1 saturated heterocycles. The lowest BCUT2D eigenvalue weighted by molar-refractivity contribution is -0.0168. The molecule has 0 bridgehead atoms. The second-order valence-electron chi connectivity index (χ2n) is 4.78. The molecule has 0 unspecified atom stereocenters. The largest absolute Gasteiger partial charge is 0.313 e. The Morgan fingerprint density at radius 1 is 1.18 bits per heavy atom. The van der Waals surface area contributed by atoms with Gasteiger partial charge >= 0.3 is 0 Å². The van der Waals surface area contributed by atoms with Gasteiger partial charge in [0.05, 0.1) is 5.54 Å². The summed E-state index contributed by atoms with van der Waals surface area (Å²) in [6.45, 7) is 9.20. The number of nitrogens with zero attached hydrogens (tertiary/aromatic N) is 1. The van der Waals surface area contributed by atoms with Crippen LogP contribution in [0.25, 0.3) is 0 Å². The topological polar surface area (TPSA) is 15.3 Å². The third-order valence-corrected chi connectivity index (χ3v) is 3.09. The van der Waals surface area contributed by atoms with E-state index in [1.165, 1.54) is 0 Å². The van der Waals surface area contributed by atoms with Crippen LogP contribution in [0.1, 0.15) is 20.8 Å². The highest BCUT2D eigenvalue weighted by molar-refractivity contribution is 5.07. The van der Waals surface area contributed by atoms with E-state index < -0.39 is 0 Å². The number of hydrogen-bond acceptors (Lipinski definition) is 2. The molecule has 1 rings (SSSR count). The van der Waals surface area contributed by atoms with Crippen molar-refractivity contribution in [2.75, 3.05) is 27.2 Å². The van der Waals surface area contributed by atoms with Crippen molar-refractivity contribution >= 4 is 0 Å². The fraction of sp³-hybridized carbons (Fsp3) is 1.00. The van der Waals surface area contributed by atoms with E-state index in [9.17, 15) is 0 Å². The highest BCUT2D eigenvalue weighted by Gasteiger charge is 2.48. The number of nitrogens with one attached hydrogen (secondary N) is 1. The number of likely N-dealkylation sites (N-methyl/N-ethyl adjacent to an activating group) is 1. The van der Waals surface area contributed by atoms with E-state index in [-0.39, 0.29) is 0 Å². The van der Waals surface area contributed by atoms with E-state index in [1.54, 1.807) is 0 Å². The smallest absolute Gasteiger partial charge is 0.0501 e. The van der Waals surface area contributed by atoms with Gasteiger partial charge < -0.3 is 10.2 Å². The highest BCUT2D eigenvalue weighted by atomic mass is 15.3. The summed E-state index contributed by atoms with van der Waals surface area (Å²) in [5.41, 5.74) is 0.759. The Hall–Kier alpha value is -0.0800. The van der Waals surface area contributed by atoms with Crippen LogP contribution in [-0.2, 0) is 0 Å². The standard InChI is InChI=1S/C9H20N2/c1-8(2,3)9(11(4)5)6-10-7-9/h10H,6-7H2,1-5H3. The van der Waals surface area contributed by atoms with Crippen molar-refractivity contribution in [1.82, 2.24) is 10.2 Å². The number of rotatable bonds is 1. The second-order valence-corrected chi connectivity index (χ2v) is 4.78. The van der Waals surface area contributed by atoms with Gasteiger partial charge in [-0.05, 0) is 19.5 Å². The van der Waals surface area contributed by atoms with Crippen LogP contribution < -0.4 is 5.32 Å². The van der Waals surface area contributed by atoms with Crippen molar-refractivity contribution in [2.45, 2.75) is 26.3 Å². The minimum atomic E-state index is 0.377. The van der Waals surface area contributed by atoms with Crippen molar-refractivity contribution in [3.63, 3.8) is 0 Å². The van der Waals surface area contributed by atoms with E-state index in [1.807, 2.05) is 0 Å². The zero-order chi connectivity index (χ0) is 8.70. The molecule has 0 aliphatic carbocycles. The summed E-state index contributed by atoms with van der Waals surface area (Å²) < 4.78 is 0. The lowest BCUT2D eigenvalue weighted by Gasteiger charge is -2.56. The van der Waals surface area contributed by atoms with E-state index in [2.05, 4.69) is 45.1 Å². The minimum Gasteiger partial charge on any atom is -0.313 e. The molecule has 0 aromatic heterocycles. The third kappa shape index (κ3) is 1.18. The second kappa shape index (κ2) is 2.46. The maximum absolute atomic E-state index is 3.35. The summed E-state index contributed by atoms with van der Waals surface area (Å²) in [4.78, 5) is 2.35. The molecule has 2 nitrogen and oxygen atoms in total. The summed E-state index contributed by atoms with van der Waals surface area (Å²) in [5.74, 6) is 0. The van der Waals surface area contributed by atoms with Crippen LogP contribution in [0.15, 0.2) is 0 Å². The lowest BCUT2D eigenvalue weighted by Crippen LogP contribution is -2.72. The molecule has 11 heavy (non-hydrogen) atoms. The van der Waals surface area contributed by atoms with Crippen molar-refractivity contribution in [3.8, 4) is 0 Å².